The zero-order valence-electron chi connectivity index (χ0n) is 3.79. The molecule has 0 rings (SSSR count). The zero-order chi connectivity index (χ0) is 6.28. The molecule has 1 amide bonds. The van der Waals surface area contributed by atoms with E-state index in [2.05, 4.69) is 33.8 Å². The highest BCUT2D eigenvalue weighted by Crippen LogP contribution is 1.65. The molecular weight excluding hydrogens is 134 g/mol. The molecule has 2 N–H and O–H groups in total. The largest absolute Gasteiger partial charge is 0.453 e. The van der Waals surface area contributed by atoms with Gasteiger partial charge in [0.25, 0.3) is 0 Å². The maximum atomic E-state index is 9.37. The molecule has 0 heterocycles. The summed E-state index contributed by atoms with van der Waals surface area (Å²) in [5.74, 6) is 0. The van der Waals surface area contributed by atoms with Crippen LogP contribution in [0.4, 0.5) is 4.79 Å². The van der Waals surface area contributed by atoms with Gasteiger partial charge in [-0.25, -0.2) is 4.79 Å². The van der Waals surface area contributed by atoms with E-state index < -0.39 is 6.09 Å². The smallest absolute Gasteiger partial charge is 0.404 e. The van der Waals surface area contributed by atoms with Crippen LogP contribution in [0.5, 0.6) is 0 Å². The van der Waals surface area contributed by atoms with Crippen LogP contribution in [0.1, 0.15) is 0 Å². The zero-order valence-corrected chi connectivity index (χ0v) is 5.58. The van der Waals surface area contributed by atoms with Crippen LogP contribution in [0, 0.1) is 0 Å². The fourth-order valence-electron chi connectivity index (χ4n) is 0. The average Bonchev–Trinajstić information content (AvgIpc) is 1.73. The van der Waals surface area contributed by atoms with Gasteiger partial charge in [-0.05, 0) is 0 Å². The molecule has 0 radical (unpaired) electrons. The number of carbonyl (C=O) groups excluding carboxylic acids is 1. The Labute approximate surface area is 52.4 Å². The van der Waals surface area contributed by atoms with Crippen LogP contribution >= 0.6 is 23.3 Å². The molecule has 0 unspecified atom stereocenters. The van der Waals surface area contributed by atoms with Gasteiger partial charge in [0.1, 0.15) is 0 Å². The summed E-state index contributed by atoms with van der Waals surface area (Å²) in [7, 11) is 1.22. The van der Waals surface area contributed by atoms with Gasteiger partial charge in [0, 0.05) is 0 Å². The van der Waals surface area contributed by atoms with Crippen molar-refractivity contribution in [1.29, 1.82) is 0 Å². The summed E-state index contributed by atoms with van der Waals surface area (Å²) in [6, 6.07) is 0. The van der Waals surface area contributed by atoms with Crippen molar-refractivity contribution < 1.29 is 9.53 Å². The molecule has 0 aliphatic carbocycles. The monoisotopic (exact) mass is 141 g/mol. The number of hydrogen-bond acceptors (Lipinski definition) is 4. The van der Waals surface area contributed by atoms with Gasteiger partial charge in [-0.1, -0.05) is 0 Å². The van der Waals surface area contributed by atoms with Crippen molar-refractivity contribution in [2.45, 2.75) is 0 Å². The Kier molecular flexibility index (Phi) is 13.4. The second-order valence-corrected chi connectivity index (χ2v) is 0.523. The lowest BCUT2D eigenvalue weighted by molar-refractivity contribution is 0.182. The molecule has 0 saturated heterocycles. The summed E-state index contributed by atoms with van der Waals surface area (Å²) in [4.78, 5) is 9.37. The van der Waals surface area contributed by atoms with Crippen molar-refractivity contribution in [3.05, 3.63) is 0 Å². The van der Waals surface area contributed by atoms with Crippen molar-refractivity contribution in [1.82, 2.24) is 0 Å². The maximum Gasteiger partial charge on any atom is 0.404 e. The van der Waals surface area contributed by atoms with E-state index in [0.29, 0.717) is 0 Å². The van der Waals surface area contributed by atoms with Gasteiger partial charge in [-0.2, -0.15) is 0 Å². The first-order chi connectivity index (χ1) is 3.27. The molecule has 0 aliphatic heterocycles. The number of methoxy groups -OCH3 is 1. The molecule has 0 spiro atoms. The summed E-state index contributed by atoms with van der Waals surface area (Å²) in [6.07, 6.45) is -0.745. The minimum atomic E-state index is -0.745. The summed E-state index contributed by atoms with van der Waals surface area (Å²) in [6.45, 7) is 0. The lowest BCUT2D eigenvalue weighted by atomic mass is 11.3. The molecule has 0 aromatic rings. The number of hydrogen-bond donors (Lipinski definition) is 3. The summed E-state index contributed by atoms with van der Waals surface area (Å²) in [5.41, 5.74) is 4.43. The lowest BCUT2D eigenvalue weighted by Crippen LogP contribution is -2.08. The highest BCUT2D eigenvalue weighted by molar-refractivity contribution is 8.59. The van der Waals surface area contributed by atoms with Crippen molar-refractivity contribution in [3.8, 4) is 0 Å². The molecule has 0 bridgehead atoms. The molecule has 44 valence electrons. The summed E-state index contributed by atoms with van der Waals surface area (Å²) in [5, 5.41) is 0. The Morgan fingerprint density at radius 2 is 1.86 bits per heavy atom. The van der Waals surface area contributed by atoms with E-state index in [1.165, 1.54) is 7.11 Å². The van der Waals surface area contributed by atoms with Crippen molar-refractivity contribution >= 4 is 29.4 Å². The normalized spacial score (nSPS) is 5.57. The van der Waals surface area contributed by atoms with Gasteiger partial charge < -0.3 is 10.5 Å². The third-order valence-corrected chi connectivity index (χ3v) is 0.201. The number of thiol groups is 2. The van der Waals surface area contributed by atoms with Crippen LogP contribution in [-0.2, 0) is 4.74 Å². The lowest BCUT2D eigenvalue weighted by Gasteiger charge is -1.81. The van der Waals surface area contributed by atoms with Crippen molar-refractivity contribution in [3.63, 3.8) is 0 Å². The van der Waals surface area contributed by atoms with E-state index in [4.69, 9.17) is 0 Å². The van der Waals surface area contributed by atoms with Gasteiger partial charge in [-0.15, -0.1) is 23.3 Å². The average molecular weight is 141 g/mol. The Morgan fingerprint density at radius 1 is 1.71 bits per heavy atom. The molecule has 0 aromatic carbocycles. The van der Waals surface area contributed by atoms with Gasteiger partial charge in [-0.3, -0.25) is 0 Å². The van der Waals surface area contributed by atoms with Gasteiger partial charge in [0.15, 0.2) is 0 Å². The van der Waals surface area contributed by atoms with E-state index in [9.17, 15) is 4.79 Å². The van der Waals surface area contributed by atoms with E-state index >= 15 is 0 Å². The Morgan fingerprint density at radius 3 is 1.86 bits per heavy atom. The number of amides is 1. The number of rotatable bonds is 0. The highest BCUT2D eigenvalue weighted by atomic mass is 33.1. The Bertz CT molecular complexity index is 49.0. The second kappa shape index (κ2) is 9.36. The van der Waals surface area contributed by atoms with Crippen molar-refractivity contribution in [2.24, 2.45) is 5.73 Å². The second-order valence-electron chi connectivity index (χ2n) is 0.523. The maximum absolute atomic E-state index is 9.37. The molecule has 7 heavy (non-hydrogen) atoms. The van der Waals surface area contributed by atoms with Crippen molar-refractivity contribution in [2.75, 3.05) is 7.11 Å². The van der Waals surface area contributed by atoms with Gasteiger partial charge in [0.05, 0.1) is 7.11 Å². The summed E-state index contributed by atoms with van der Waals surface area (Å²) >= 11 is 6.44. The SMILES string of the molecule is COC(N)=O.SS. The fourth-order valence-corrected chi connectivity index (χ4v) is 0. The van der Waals surface area contributed by atoms with E-state index in [1.54, 1.807) is 0 Å². The first kappa shape index (κ1) is 10.1. The standard InChI is InChI=1S/C2H5NO2.H2S2/c1-5-2(3)4;1-2/h1H3,(H2,3,4);1-2H. The minimum Gasteiger partial charge on any atom is -0.453 e. The minimum absolute atomic E-state index is 0.745. The molecule has 5 heteroatoms. The van der Waals surface area contributed by atoms with E-state index in [1.807, 2.05) is 0 Å². The van der Waals surface area contributed by atoms with Crippen LogP contribution in [0.15, 0.2) is 0 Å². The molecule has 0 fully saturated rings. The molecular formula is C2H7NO2S2. The number of nitrogens with two attached hydrogens (primary N) is 1. The van der Waals surface area contributed by atoms with E-state index in [0.717, 1.165) is 0 Å². The van der Waals surface area contributed by atoms with Crippen LogP contribution in [0.3, 0.4) is 0 Å². The number of ether oxygens (including phenoxy) is 1. The molecule has 0 saturated carbocycles. The predicted molar refractivity (Wildman–Crippen MR) is 34.6 cm³/mol. The third kappa shape index (κ3) is 24.2. The van der Waals surface area contributed by atoms with Gasteiger partial charge >= 0.3 is 6.09 Å². The highest BCUT2D eigenvalue weighted by Gasteiger charge is 1.76. The number of carbonyl (C=O) groups is 1. The molecule has 0 aliphatic rings. The quantitative estimate of drug-likeness (QED) is 0.339. The molecule has 0 aromatic heterocycles. The van der Waals surface area contributed by atoms with Crippen LogP contribution in [-0.4, -0.2) is 13.2 Å². The van der Waals surface area contributed by atoms with Crippen LogP contribution in [0.2, 0.25) is 0 Å². The first-order valence-electron chi connectivity index (χ1n) is 1.31. The third-order valence-electron chi connectivity index (χ3n) is 0.201. The molecule has 3 nitrogen and oxygen atoms in total. The van der Waals surface area contributed by atoms with Crippen LogP contribution < -0.4 is 5.73 Å². The Balaban J connectivity index is 0. The van der Waals surface area contributed by atoms with Crippen LogP contribution in [0.25, 0.3) is 0 Å². The first-order valence-corrected chi connectivity index (χ1v) is 2.91. The Hall–Kier alpha value is -0.0300. The van der Waals surface area contributed by atoms with Gasteiger partial charge in [0.2, 0.25) is 0 Å². The molecule has 0 atom stereocenters. The topological polar surface area (TPSA) is 52.3 Å². The summed E-state index contributed by atoms with van der Waals surface area (Å²) < 4.78 is 3.89. The van der Waals surface area contributed by atoms with E-state index in [-0.39, 0.29) is 0 Å². The predicted octanol–water partition coefficient (Wildman–Crippen LogP) is 0.472. The number of primary amides is 1. The fraction of sp³-hybridized carbons (Fsp3) is 0.500.